The van der Waals surface area contributed by atoms with Crippen molar-refractivity contribution in [2.24, 2.45) is 18.9 Å². The van der Waals surface area contributed by atoms with Crippen molar-refractivity contribution in [1.82, 2.24) is 14.9 Å². The zero-order chi connectivity index (χ0) is 25.8. The topological polar surface area (TPSA) is 105 Å². The first kappa shape index (κ1) is 25.0. The van der Waals surface area contributed by atoms with Crippen molar-refractivity contribution < 1.29 is 32.6 Å². The number of alkyl halides is 2. The fourth-order valence-corrected chi connectivity index (χ4v) is 5.92. The highest BCUT2D eigenvalue weighted by Gasteiger charge is 2.64. The Morgan fingerprint density at radius 1 is 1.25 bits per heavy atom. The first-order valence-electron chi connectivity index (χ1n) is 11.7. The maximum absolute atomic E-state index is 15.0. The predicted molar refractivity (Wildman–Crippen MR) is 123 cm³/mol. The van der Waals surface area contributed by atoms with Gasteiger partial charge in [-0.3, -0.25) is 9.59 Å². The fourth-order valence-electron chi connectivity index (χ4n) is 5.74. The third-order valence-corrected chi connectivity index (χ3v) is 7.92. The van der Waals surface area contributed by atoms with Crippen molar-refractivity contribution in [2.45, 2.75) is 49.2 Å². The SMILES string of the molecule is Cn1cnc(C2CC3CC(O)(C(F)(F)C(=O)NC4COC4)CC3C2)c1C(=O)Nc1ccc(F)c(Cl)c1. The lowest BCUT2D eigenvalue weighted by atomic mass is 9.87. The van der Waals surface area contributed by atoms with Crippen molar-refractivity contribution in [2.75, 3.05) is 18.5 Å². The number of anilines is 1. The van der Waals surface area contributed by atoms with Gasteiger partial charge in [-0.2, -0.15) is 8.78 Å². The minimum absolute atomic E-state index is 0.124. The van der Waals surface area contributed by atoms with E-state index < -0.39 is 35.2 Å². The Labute approximate surface area is 210 Å². The van der Waals surface area contributed by atoms with Crippen LogP contribution in [0, 0.1) is 17.7 Å². The number of carbonyl (C=O) groups is 2. The largest absolute Gasteiger partial charge is 0.383 e. The van der Waals surface area contributed by atoms with Crippen LogP contribution in [0.4, 0.5) is 18.9 Å². The summed E-state index contributed by atoms with van der Waals surface area (Å²) >= 11 is 5.80. The third-order valence-electron chi connectivity index (χ3n) is 7.63. The van der Waals surface area contributed by atoms with Crippen molar-refractivity contribution in [3.05, 3.63) is 46.8 Å². The molecule has 12 heteroatoms. The maximum atomic E-state index is 15.0. The van der Waals surface area contributed by atoms with Gasteiger partial charge in [0, 0.05) is 18.7 Å². The van der Waals surface area contributed by atoms with Gasteiger partial charge in [-0.1, -0.05) is 11.6 Å². The van der Waals surface area contributed by atoms with Crippen LogP contribution in [-0.2, 0) is 16.6 Å². The van der Waals surface area contributed by atoms with E-state index in [9.17, 15) is 27.9 Å². The second-order valence-corrected chi connectivity index (χ2v) is 10.5. The van der Waals surface area contributed by atoms with Crippen LogP contribution in [-0.4, -0.2) is 57.3 Å². The Kier molecular flexibility index (Phi) is 6.29. The number of hydrogen-bond donors (Lipinski definition) is 3. The number of aliphatic hydroxyl groups is 1. The lowest BCUT2D eigenvalue weighted by Gasteiger charge is -2.35. The van der Waals surface area contributed by atoms with E-state index in [-0.39, 0.29) is 48.8 Å². The molecule has 2 heterocycles. The van der Waals surface area contributed by atoms with E-state index in [1.165, 1.54) is 18.5 Å². The van der Waals surface area contributed by atoms with Gasteiger partial charge in [-0.15, -0.1) is 0 Å². The Morgan fingerprint density at radius 3 is 2.50 bits per heavy atom. The molecule has 2 aromatic rings. The molecule has 3 aliphatic rings. The number of fused-ring (bicyclic) bond motifs is 1. The van der Waals surface area contributed by atoms with Gasteiger partial charge in [0.1, 0.15) is 17.1 Å². The van der Waals surface area contributed by atoms with Crippen LogP contribution in [0.25, 0.3) is 0 Å². The Hall–Kier alpha value is -2.63. The summed E-state index contributed by atoms with van der Waals surface area (Å²) in [6, 6.07) is 3.39. The molecule has 1 saturated heterocycles. The van der Waals surface area contributed by atoms with Gasteiger partial charge in [0.05, 0.1) is 36.3 Å². The van der Waals surface area contributed by atoms with Crippen molar-refractivity contribution in [1.29, 1.82) is 0 Å². The van der Waals surface area contributed by atoms with Gasteiger partial charge in [-0.05, 0) is 55.7 Å². The third kappa shape index (κ3) is 4.26. The lowest BCUT2D eigenvalue weighted by Crippen LogP contribution is -2.60. The van der Waals surface area contributed by atoms with Crippen LogP contribution < -0.4 is 10.6 Å². The Bertz CT molecular complexity index is 1190. The first-order chi connectivity index (χ1) is 17.0. The number of amides is 2. The van der Waals surface area contributed by atoms with Gasteiger partial charge < -0.3 is 25.0 Å². The number of benzene rings is 1. The van der Waals surface area contributed by atoms with E-state index in [4.69, 9.17) is 16.3 Å². The minimum atomic E-state index is -3.92. The van der Waals surface area contributed by atoms with Crippen LogP contribution in [0.1, 0.15) is 47.8 Å². The van der Waals surface area contributed by atoms with Gasteiger partial charge >= 0.3 is 5.92 Å². The molecule has 2 saturated carbocycles. The molecular weight excluding hydrogens is 501 g/mol. The maximum Gasteiger partial charge on any atom is 0.352 e. The monoisotopic (exact) mass is 526 g/mol. The summed E-state index contributed by atoms with van der Waals surface area (Å²) in [6.07, 6.45) is 2.01. The molecule has 0 radical (unpaired) electrons. The molecule has 8 nitrogen and oxygen atoms in total. The van der Waals surface area contributed by atoms with Crippen molar-refractivity contribution >= 4 is 29.1 Å². The molecule has 2 amide bonds. The highest BCUT2D eigenvalue weighted by atomic mass is 35.5. The van der Waals surface area contributed by atoms with Gasteiger partial charge in [0.15, 0.2) is 0 Å². The minimum Gasteiger partial charge on any atom is -0.383 e. The molecule has 3 N–H and O–H groups in total. The number of carbonyl (C=O) groups excluding carboxylic acids is 2. The zero-order valence-corrected chi connectivity index (χ0v) is 20.2. The number of nitrogens with zero attached hydrogens (tertiary/aromatic N) is 2. The van der Waals surface area contributed by atoms with Crippen LogP contribution in [0.3, 0.4) is 0 Å². The number of ether oxygens (including phenoxy) is 1. The highest BCUT2D eigenvalue weighted by Crippen LogP contribution is 2.57. The molecule has 3 fully saturated rings. The lowest BCUT2D eigenvalue weighted by molar-refractivity contribution is -0.195. The number of nitrogens with one attached hydrogen (secondary N) is 2. The molecule has 36 heavy (non-hydrogen) atoms. The molecular formula is C24H26ClF3N4O4. The summed E-state index contributed by atoms with van der Waals surface area (Å²) in [7, 11) is 1.67. The van der Waals surface area contributed by atoms with Gasteiger partial charge in [0.2, 0.25) is 0 Å². The van der Waals surface area contributed by atoms with E-state index >= 15 is 0 Å². The molecule has 0 bridgehead atoms. The van der Waals surface area contributed by atoms with Crippen LogP contribution in [0.5, 0.6) is 0 Å². The summed E-state index contributed by atoms with van der Waals surface area (Å²) in [5.41, 5.74) is -1.26. The highest BCUT2D eigenvalue weighted by molar-refractivity contribution is 6.31. The molecule has 194 valence electrons. The average molecular weight is 527 g/mol. The summed E-state index contributed by atoms with van der Waals surface area (Å²) in [5.74, 6) is -7.09. The quantitative estimate of drug-likeness (QED) is 0.536. The number of rotatable bonds is 6. The van der Waals surface area contributed by atoms with E-state index in [2.05, 4.69) is 15.6 Å². The van der Waals surface area contributed by atoms with E-state index in [0.717, 1.165) is 6.07 Å². The number of aromatic nitrogens is 2. The molecule has 5 rings (SSSR count). The van der Waals surface area contributed by atoms with Gasteiger partial charge in [-0.25, -0.2) is 9.37 Å². The molecule has 1 aromatic carbocycles. The van der Waals surface area contributed by atoms with E-state index in [1.54, 1.807) is 11.6 Å². The second kappa shape index (κ2) is 9.04. The Balaban J connectivity index is 1.27. The smallest absolute Gasteiger partial charge is 0.352 e. The second-order valence-electron chi connectivity index (χ2n) is 10.1. The van der Waals surface area contributed by atoms with Crippen molar-refractivity contribution in [3.63, 3.8) is 0 Å². The summed E-state index contributed by atoms with van der Waals surface area (Å²) in [6.45, 7) is 0.364. The molecule has 2 unspecified atom stereocenters. The van der Waals surface area contributed by atoms with Crippen LogP contribution >= 0.6 is 11.6 Å². The first-order valence-corrected chi connectivity index (χ1v) is 12.1. The number of imidazole rings is 1. The standard InChI is InChI=1S/C24H26ClF3N4O4/c1-32-11-29-19(20(32)21(33)30-15-2-3-18(26)17(25)6-15)12-4-13-7-23(35,8-14(13)5-12)24(27,28)22(34)31-16-9-36-10-16/h2-3,6,11-14,16,35H,4-5,7-10H2,1H3,(H,30,33)(H,31,34). The molecule has 2 aliphatic carbocycles. The normalized spacial score (nSPS) is 28.0. The molecule has 1 aromatic heterocycles. The van der Waals surface area contributed by atoms with E-state index in [1.807, 2.05) is 0 Å². The average Bonchev–Trinajstić information content (AvgIpc) is 3.44. The van der Waals surface area contributed by atoms with Crippen LogP contribution in [0.15, 0.2) is 24.5 Å². The Morgan fingerprint density at radius 2 is 1.92 bits per heavy atom. The summed E-state index contributed by atoms with van der Waals surface area (Å²) in [4.78, 5) is 29.7. The van der Waals surface area contributed by atoms with Crippen LogP contribution in [0.2, 0.25) is 5.02 Å². The fraction of sp³-hybridized carbons (Fsp3) is 0.542. The molecule has 1 aliphatic heterocycles. The number of halogens is 4. The molecule has 2 atom stereocenters. The van der Waals surface area contributed by atoms with Crippen molar-refractivity contribution in [3.8, 4) is 0 Å². The predicted octanol–water partition coefficient (Wildman–Crippen LogP) is 3.25. The zero-order valence-electron chi connectivity index (χ0n) is 19.4. The number of hydrogen-bond acceptors (Lipinski definition) is 5. The van der Waals surface area contributed by atoms with E-state index in [0.29, 0.717) is 29.9 Å². The van der Waals surface area contributed by atoms with Gasteiger partial charge in [0.25, 0.3) is 11.8 Å². The number of aryl methyl sites for hydroxylation is 1. The summed E-state index contributed by atoms with van der Waals surface area (Å²) < 4.78 is 49.9. The summed E-state index contributed by atoms with van der Waals surface area (Å²) in [5, 5.41) is 15.7. The molecule has 0 spiro atoms.